The maximum Gasteiger partial charge on any atom is 0.266 e. The van der Waals surface area contributed by atoms with Gasteiger partial charge < -0.3 is 15.0 Å². The number of hydrogen-bond acceptors (Lipinski definition) is 5. The summed E-state index contributed by atoms with van der Waals surface area (Å²) in [6, 6.07) is 17.1. The highest BCUT2D eigenvalue weighted by molar-refractivity contribution is 6.31. The van der Waals surface area contributed by atoms with Gasteiger partial charge in [0.05, 0.1) is 36.0 Å². The number of nitrogens with zero attached hydrogens (tertiary/aromatic N) is 4. The standard InChI is InChI=1S/C25H24ClN5O2/c1-17-22(18(2)31(29-17)21-6-4-3-5-7-21)14-19(16-27)25(32)28-23-15-20(26)8-9-24(23)30-10-12-33-13-11-30/h3-9,14-15H,10-13H2,1-2H3,(H,28,32)/b19-14+. The second-order valence-corrected chi connectivity index (χ2v) is 8.15. The summed E-state index contributed by atoms with van der Waals surface area (Å²) in [7, 11) is 0. The molecule has 1 saturated heterocycles. The van der Waals surface area contributed by atoms with E-state index in [-0.39, 0.29) is 5.57 Å². The number of hydrogen-bond donors (Lipinski definition) is 1. The molecule has 0 saturated carbocycles. The molecule has 1 aromatic heterocycles. The summed E-state index contributed by atoms with van der Waals surface area (Å²) in [5.74, 6) is -0.500. The fourth-order valence-electron chi connectivity index (χ4n) is 3.86. The van der Waals surface area contributed by atoms with E-state index in [9.17, 15) is 10.1 Å². The third-order valence-electron chi connectivity index (χ3n) is 5.56. The molecular weight excluding hydrogens is 438 g/mol. The monoisotopic (exact) mass is 461 g/mol. The van der Waals surface area contributed by atoms with Crippen LogP contribution in [0.15, 0.2) is 54.1 Å². The van der Waals surface area contributed by atoms with Gasteiger partial charge in [-0.1, -0.05) is 29.8 Å². The van der Waals surface area contributed by atoms with Crippen molar-refractivity contribution in [3.05, 3.63) is 76.1 Å². The number of morpholine rings is 1. The fourth-order valence-corrected chi connectivity index (χ4v) is 4.03. The van der Waals surface area contributed by atoms with Crippen LogP contribution in [0.2, 0.25) is 5.02 Å². The number of nitrogens with one attached hydrogen (secondary N) is 1. The van der Waals surface area contributed by atoms with E-state index in [4.69, 9.17) is 16.3 Å². The Morgan fingerprint density at radius 1 is 1.18 bits per heavy atom. The van der Waals surface area contributed by atoms with Gasteiger partial charge in [0.1, 0.15) is 11.6 Å². The number of aryl methyl sites for hydroxylation is 1. The van der Waals surface area contributed by atoms with Gasteiger partial charge in [0.15, 0.2) is 0 Å². The van der Waals surface area contributed by atoms with Crippen LogP contribution < -0.4 is 10.2 Å². The number of rotatable bonds is 5. The molecule has 4 rings (SSSR count). The van der Waals surface area contributed by atoms with E-state index in [0.717, 1.165) is 28.3 Å². The molecule has 33 heavy (non-hydrogen) atoms. The molecule has 0 aliphatic carbocycles. The molecule has 1 amide bonds. The zero-order valence-electron chi connectivity index (χ0n) is 18.5. The van der Waals surface area contributed by atoms with Crippen molar-refractivity contribution in [2.75, 3.05) is 36.5 Å². The lowest BCUT2D eigenvalue weighted by atomic mass is 10.1. The highest BCUT2D eigenvalue weighted by Crippen LogP contribution is 2.30. The van der Waals surface area contributed by atoms with Crippen molar-refractivity contribution in [2.45, 2.75) is 13.8 Å². The maximum atomic E-state index is 13.1. The number of ether oxygens (including phenoxy) is 1. The number of para-hydroxylation sites is 1. The Labute approximate surface area is 197 Å². The van der Waals surface area contributed by atoms with Crippen LogP contribution in [0.4, 0.5) is 11.4 Å². The van der Waals surface area contributed by atoms with E-state index in [1.54, 1.807) is 18.2 Å². The first-order valence-electron chi connectivity index (χ1n) is 10.6. The zero-order valence-corrected chi connectivity index (χ0v) is 19.3. The smallest absolute Gasteiger partial charge is 0.266 e. The predicted octanol–water partition coefficient (Wildman–Crippen LogP) is 4.52. The van der Waals surface area contributed by atoms with E-state index in [1.807, 2.05) is 61.0 Å². The fraction of sp³-hybridized carbons (Fsp3) is 0.240. The molecule has 7 nitrogen and oxygen atoms in total. The van der Waals surface area contributed by atoms with Gasteiger partial charge in [0, 0.05) is 29.4 Å². The molecule has 2 heterocycles. The van der Waals surface area contributed by atoms with Gasteiger partial charge in [-0.25, -0.2) is 4.68 Å². The zero-order chi connectivity index (χ0) is 23.4. The Morgan fingerprint density at radius 3 is 2.61 bits per heavy atom. The number of halogens is 1. The number of nitriles is 1. The van der Waals surface area contributed by atoms with Crippen molar-refractivity contribution < 1.29 is 9.53 Å². The van der Waals surface area contributed by atoms with Gasteiger partial charge in [0.25, 0.3) is 5.91 Å². The van der Waals surface area contributed by atoms with Crippen molar-refractivity contribution >= 4 is 35.0 Å². The van der Waals surface area contributed by atoms with Crippen molar-refractivity contribution in [3.8, 4) is 11.8 Å². The van der Waals surface area contributed by atoms with Gasteiger partial charge in [-0.15, -0.1) is 0 Å². The third kappa shape index (κ3) is 4.92. The van der Waals surface area contributed by atoms with Crippen LogP contribution in [0.3, 0.4) is 0 Å². The molecule has 1 aliphatic rings. The van der Waals surface area contributed by atoms with Crippen molar-refractivity contribution in [3.63, 3.8) is 0 Å². The molecule has 168 valence electrons. The van der Waals surface area contributed by atoms with E-state index in [1.165, 1.54) is 0 Å². The Bertz CT molecular complexity index is 1240. The van der Waals surface area contributed by atoms with Crippen LogP contribution in [0.1, 0.15) is 17.0 Å². The summed E-state index contributed by atoms with van der Waals surface area (Å²) in [5.41, 5.74) is 4.62. The Hall–Kier alpha value is -3.60. The van der Waals surface area contributed by atoms with Crippen LogP contribution in [0.25, 0.3) is 11.8 Å². The van der Waals surface area contributed by atoms with Crippen LogP contribution >= 0.6 is 11.6 Å². The molecule has 0 spiro atoms. The largest absolute Gasteiger partial charge is 0.378 e. The van der Waals surface area contributed by atoms with Gasteiger partial charge in [-0.2, -0.15) is 10.4 Å². The number of carbonyl (C=O) groups is 1. The Balaban J connectivity index is 1.64. The first kappa shape index (κ1) is 22.6. The predicted molar refractivity (Wildman–Crippen MR) is 130 cm³/mol. The second kappa shape index (κ2) is 9.90. The van der Waals surface area contributed by atoms with Gasteiger partial charge in [-0.3, -0.25) is 4.79 Å². The van der Waals surface area contributed by atoms with Crippen LogP contribution in [-0.4, -0.2) is 42.0 Å². The highest BCUT2D eigenvalue weighted by Gasteiger charge is 2.19. The van der Waals surface area contributed by atoms with Crippen LogP contribution in [-0.2, 0) is 9.53 Å². The molecular formula is C25H24ClN5O2. The number of amides is 1. The minimum atomic E-state index is -0.500. The summed E-state index contributed by atoms with van der Waals surface area (Å²) < 4.78 is 7.24. The average molecular weight is 462 g/mol. The van der Waals surface area contributed by atoms with Crippen molar-refractivity contribution in [2.24, 2.45) is 0 Å². The lowest BCUT2D eigenvalue weighted by molar-refractivity contribution is -0.112. The van der Waals surface area contributed by atoms with Gasteiger partial charge >= 0.3 is 0 Å². The minimum absolute atomic E-state index is 0.0123. The molecule has 1 N–H and O–H groups in total. The molecule has 0 bridgehead atoms. The van der Waals surface area contributed by atoms with Crippen LogP contribution in [0, 0.1) is 25.2 Å². The Morgan fingerprint density at radius 2 is 1.91 bits per heavy atom. The first-order chi connectivity index (χ1) is 16.0. The third-order valence-corrected chi connectivity index (χ3v) is 5.80. The summed E-state index contributed by atoms with van der Waals surface area (Å²) >= 11 is 6.20. The SMILES string of the molecule is Cc1nn(-c2ccccc2)c(C)c1/C=C(\C#N)C(=O)Nc1cc(Cl)ccc1N1CCOCC1. The summed E-state index contributed by atoms with van der Waals surface area (Å²) in [6.45, 7) is 6.43. The van der Waals surface area contributed by atoms with Crippen LogP contribution in [0.5, 0.6) is 0 Å². The number of anilines is 2. The summed E-state index contributed by atoms with van der Waals surface area (Å²) in [4.78, 5) is 15.2. The second-order valence-electron chi connectivity index (χ2n) is 7.72. The van der Waals surface area contributed by atoms with Gasteiger partial charge in [-0.05, 0) is 50.3 Å². The van der Waals surface area contributed by atoms with E-state index in [2.05, 4.69) is 15.3 Å². The lowest BCUT2D eigenvalue weighted by Crippen LogP contribution is -2.36. The number of carbonyl (C=O) groups excluding carboxylic acids is 1. The van der Waals surface area contributed by atoms with Gasteiger partial charge in [0.2, 0.25) is 0 Å². The molecule has 3 aromatic rings. The summed E-state index contributed by atoms with van der Waals surface area (Å²) in [6.07, 6.45) is 1.59. The van der Waals surface area contributed by atoms with Crippen molar-refractivity contribution in [1.29, 1.82) is 5.26 Å². The number of benzene rings is 2. The maximum absolute atomic E-state index is 13.1. The quantitative estimate of drug-likeness (QED) is 0.446. The topological polar surface area (TPSA) is 83.2 Å². The first-order valence-corrected chi connectivity index (χ1v) is 11.0. The number of aromatic nitrogens is 2. The van der Waals surface area contributed by atoms with E-state index in [0.29, 0.717) is 37.0 Å². The normalized spacial score (nSPS) is 14.1. The molecule has 0 radical (unpaired) electrons. The highest BCUT2D eigenvalue weighted by atomic mass is 35.5. The van der Waals surface area contributed by atoms with Crippen molar-refractivity contribution in [1.82, 2.24) is 9.78 Å². The van der Waals surface area contributed by atoms with E-state index >= 15 is 0 Å². The lowest BCUT2D eigenvalue weighted by Gasteiger charge is -2.30. The van der Waals surface area contributed by atoms with E-state index < -0.39 is 5.91 Å². The molecule has 0 unspecified atom stereocenters. The molecule has 1 aliphatic heterocycles. The summed E-state index contributed by atoms with van der Waals surface area (Å²) in [5, 5.41) is 17.7. The Kier molecular flexibility index (Phi) is 6.78. The molecule has 8 heteroatoms. The minimum Gasteiger partial charge on any atom is -0.378 e. The molecule has 1 fully saturated rings. The molecule has 2 aromatic carbocycles. The molecule has 0 atom stereocenters. The average Bonchev–Trinajstić information content (AvgIpc) is 3.11.